The van der Waals surface area contributed by atoms with E-state index in [2.05, 4.69) is 14.6 Å². The Kier molecular flexibility index (Phi) is 5.99. The Hall–Kier alpha value is -2.89. The Morgan fingerprint density at radius 3 is 2.74 bits per heavy atom. The van der Waals surface area contributed by atoms with E-state index in [1.165, 1.54) is 29.5 Å². The van der Waals surface area contributed by atoms with Gasteiger partial charge in [0.15, 0.2) is 11.7 Å². The fourth-order valence-corrected chi connectivity index (χ4v) is 5.36. The number of benzene rings is 2. The normalized spacial score (nSPS) is 14.5. The Balaban J connectivity index is 1.53. The molecule has 3 aromatic rings. The molecule has 164 valence electrons. The van der Waals surface area contributed by atoms with E-state index < -0.39 is 22.6 Å². The lowest BCUT2D eigenvalue weighted by atomic mass is 10.2. The SMILES string of the molecule is Cc1cc(S(=O)(=O)Nc2ccc3nc(N4CCOCC4)sc3c2)ccc1OCC(=O)O. The van der Waals surface area contributed by atoms with Crippen molar-refractivity contribution in [1.29, 1.82) is 0 Å². The van der Waals surface area contributed by atoms with Crippen LogP contribution in [0.1, 0.15) is 5.56 Å². The van der Waals surface area contributed by atoms with Gasteiger partial charge in [0.2, 0.25) is 0 Å². The van der Waals surface area contributed by atoms with Crippen molar-refractivity contribution in [2.45, 2.75) is 11.8 Å². The second-order valence-corrected chi connectivity index (χ2v) is 9.69. The van der Waals surface area contributed by atoms with Crippen LogP contribution in [0.25, 0.3) is 10.2 Å². The first-order chi connectivity index (χ1) is 14.8. The number of carboxylic acid groups (broad SMARTS) is 1. The minimum absolute atomic E-state index is 0.0612. The second-order valence-electron chi connectivity index (χ2n) is 6.99. The molecule has 1 aliphatic heterocycles. The van der Waals surface area contributed by atoms with E-state index >= 15 is 0 Å². The van der Waals surface area contributed by atoms with Crippen LogP contribution in [0.5, 0.6) is 5.75 Å². The molecule has 0 aliphatic carbocycles. The number of hydrogen-bond acceptors (Lipinski definition) is 8. The van der Waals surface area contributed by atoms with Crippen molar-refractivity contribution in [2.75, 3.05) is 42.5 Å². The molecule has 31 heavy (non-hydrogen) atoms. The van der Waals surface area contributed by atoms with Gasteiger partial charge in [-0.05, 0) is 48.9 Å². The summed E-state index contributed by atoms with van der Waals surface area (Å²) in [6.07, 6.45) is 0. The molecule has 0 saturated carbocycles. The topological polar surface area (TPSA) is 118 Å². The number of carboxylic acids is 1. The van der Waals surface area contributed by atoms with Crippen LogP contribution in [0, 0.1) is 6.92 Å². The predicted octanol–water partition coefficient (Wildman–Crippen LogP) is 2.71. The van der Waals surface area contributed by atoms with Gasteiger partial charge in [0.05, 0.1) is 34.0 Å². The van der Waals surface area contributed by atoms with E-state index in [-0.39, 0.29) is 4.90 Å². The summed E-state index contributed by atoms with van der Waals surface area (Å²) in [4.78, 5) is 17.5. The number of hydrogen-bond donors (Lipinski definition) is 2. The fourth-order valence-electron chi connectivity index (χ4n) is 3.17. The van der Waals surface area contributed by atoms with Crippen LogP contribution >= 0.6 is 11.3 Å². The number of aromatic nitrogens is 1. The first kappa shape index (κ1) is 21.3. The molecule has 0 atom stereocenters. The summed E-state index contributed by atoms with van der Waals surface area (Å²) in [5, 5.41) is 9.62. The number of aliphatic carboxylic acids is 1. The lowest BCUT2D eigenvalue weighted by molar-refractivity contribution is -0.139. The van der Waals surface area contributed by atoms with E-state index in [1.54, 1.807) is 25.1 Å². The summed E-state index contributed by atoms with van der Waals surface area (Å²) < 4.78 is 39.7. The van der Waals surface area contributed by atoms with Crippen LogP contribution in [-0.2, 0) is 19.6 Å². The summed E-state index contributed by atoms with van der Waals surface area (Å²) in [7, 11) is -3.83. The average Bonchev–Trinajstić information content (AvgIpc) is 3.16. The van der Waals surface area contributed by atoms with E-state index in [0.717, 1.165) is 28.4 Å². The van der Waals surface area contributed by atoms with Crippen molar-refractivity contribution in [3.63, 3.8) is 0 Å². The van der Waals surface area contributed by atoms with Gasteiger partial charge in [-0.3, -0.25) is 4.72 Å². The molecule has 1 aromatic heterocycles. The number of carbonyl (C=O) groups is 1. The largest absolute Gasteiger partial charge is 0.482 e. The Morgan fingerprint density at radius 2 is 2.03 bits per heavy atom. The third kappa shape index (κ3) is 4.89. The smallest absolute Gasteiger partial charge is 0.341 e. The third-order valence-corrected chi connectivity index (χ3v) is 7.18. The van der Waals surface area contributed by atoms with Crippen LogP contribution in [0.3, 0.4) is 0 Å². The van der Waals surface area contributed by atoms with Gasteiger partial charge in [0, 0.05) is 13.1 Å². The lowest BCUT2D eigenvalue weighted by Gasteiger charge is -2.25. The van der Waals surface area contributed by atoms with Crippen LogP contribution < -0.4 is 14.4 Å². The molecule has 9 nitrogen and oxygen atoms in total. The van der Waals surface area contributed by atoms with Crippen LogP contribution in [0.2, 0.25) is 0 Å². The molecule has 4 rings (SSSR count). The van der Waals surface area contributed by atoms with Crippen LogP contribution in [0.15, 0.2) is 41.3 Å². The number of sulfonamides is 1. The van der Waals surface area contributed by atoms with Crippen molar-refractivity contribution in [1.82, 2.24) is 4.98 Å². The number of anilines is 2. The maximum atomic E-state index is 12.8. The van der Waals surface area contributed by atoms with Crippen molar-refractivity contribution >= 4 is 48.4 Å². The highest BCUT2D eigenvalue weighted by molar-refractivity contribution is 7.92. The highest BCUT2D eigenvalue weighted by Gasteiger charge is 2.18. The van der Waals surface area contributed by atoms with E-state index in [4.69, 9.17) is 14.6 Å². The Morgan fingerprint density at radius 1 is 1.26 bits per heavy atom. The van der Waals surface area contributed by atoms with Gasteiger partial charge >= 0.3 is 5.97 Å². The van der Waals surface area contributed by atoms with Gasteiger partial charge in [-0.2, -0.15) is 0 Å². The monoisotopic (exact) mass is 463 g/mol. The zero-order valence-corrected chi connectivity index (χ0v) is 18.3. The van der Waals surface area contributed by atoms with Crippen molar-refractivity contribution in [2.24, 2.45) is 0 Å². The number of nitrogens with zero attached hydrogens (tertiary/aromatic N) is 2. The number of fused-ring (bicyclic) bond motifs is 1. The average molecular weight is 464 g/mol. The quantitative estimate of drug-likeness (QED) is 0.549. The molecule has 2 aromatic carbocycles. The third-order valence-electron chi connectivity index (χ3n) is 4.72. The van der Waals surface area contributed by atoms with Crippen molar-refractivity contribution in [3.05, 3.63) is 42.0 Å². The number of nitrogens with one attached hydrogen (secondary N) is 1. The summed E-state index contributed by atoms with van der Waals surface area (Å²) in [6.45, 7) is 4.07. The van der Waals surface area contributed by atoms with Gasteiger partial charge in [0.25, 0.3) is 10.0 Å². The summed E-state index contributed by atoms with van der Waals surface area (Å²) >= 11 is 1.51. The number of thiazole rings is 1. The number of morpholine rings is 1. The zero-order valence-electron chi connectivity index (χ0n) is 16.7. The first-order valence-corrected chi connectivity index (χ1v) is 11.8. The fraction of sp³-hybridized carbons (Fsp3) is 0.300. The standard InChI is InChI=1S/C20H21N3O6S2/c1-13-10-15(3-5-17(13)29-12-19(24)25)31(26,27)22-14-2-4-16-18(11-14)30-20(21-16)23-6-8-28-9-7-23/h2-5,10-11,22H,6-9,12H2,1H3,(H,24,25). The lowest BCUT2D eigenvalue weighted by Crippen LogP contribution is -2.36. The van der Waals surface area contributed by atoms with E-state index in [1.807, 2.05) is 0 Å². The van der Waals surface area contributed by atoms with Crippen LogP contribution in [-0.4, -0.2) is 57.4 Å². The van der Waals surface area contributed by atoms with E-state index in [9.17, 15) is 13.2 Å². The molecular weight excluding hydrogens is 442 g/mol. The van der Waals surface area contributed by atoms with Crippen molar-refractivity contribution in [3.8, 4) is 5.75 Å². The maximum absolute atomic E-state index is 12.8. The maximum Gasteiger partial charge on any atom is 0.341 e. The Bertz CT molecular complexity index is 1220. The number of aryl methyl sites for hydroxylation is 1. The molecule has 0 bridgehead atoms. The van der Waals surface area contributed by atoms with E-state index in [0.29, 0.717) is 30.2 Å². The molecule has 1 saturated heterocycles. The van der Waals surface area contributed by atoms with Gasteiger partial charge in [-0.25, -0.2) is 18.2 Å². The van der Waals surface area contributed by atoms with Gasteiger partial charge in [-0.15, -0.1) is 0 Å². The summed E-state index contributed by atoms with van der Waals surface area (Å²) in [6, 6.07) is 9.52. The minimum Gasteiger partial charge on any atom is -0.482 e. The number of rotatable bonds is 7. The van der Waals surface area contributed by atoms with Gasteiger partial charge in [-0.1, -0.05) is 11.3 Å². The molecular formula is C20H21N3O6S2. The van der Waals surface area contributed by atoms with Crippen LogP contribution in [0.4, 0.5) is 10.8 Å². The minimum atomic E-state index is -3.83. The zero-order chi connectivity index (χ0) is 22.0. The highest BCUT2D eigenvalue weighted by atomic mass is 32.2. The summed E-state index contributed by atoms with van der Waals surface area (Å²) in [5.74, 6) is -0.781. The molecule has 1 fully saturated rings. The van der Waals surface area contributed by atoms with Gasteiger partial charge in [0.1, 0.15) is 5.75 Å². The molecule has 2 N–H and O–H groups in total. The molecule has 0 unspecified atom stereocenters. The second kappa shape index (κ2) is 8.69. The Labute approximate surface area is 183 Å². The predicted molar refractivity (Wildman–Crippen MR) is 118 cm³/mol. The summed E-state index contributed by atoms with van der Waals surface area (Å²) in [5.41, 5.74) is 1.77. The molecule has 1 aliphatic rings. The molecule has 0 amide bonds. The molecule has 11 heteroatoms. The number of ether oxygens (including phenoxy) is 2. The highest BCUT2D eigenvalue weighted by Crippen LogP contribution is 2.32. The first-order valence-electron chi connectivity index (χ1n) is 9.53. The van der Waals surface area contributed by atoms with Crippen molar-refractivity contribution < 1.29 is 27.8 Å². The van der Waals surface area contributed by atoms with Gasteiger partial charge < -0.3 is 19.5 Å². The molecule has 0 spiro atoms. The molecule has 0 radical (unpaired) electrons. The molecule has 2 heterocycles.